The lowest BCUT2D eigenvalue weighted by molar-refractivity contribution is 0.647. The van der Waals surface area contributed by atoms with Crippen molar-refractivity contribution in [2.75, 3.05) is 19.6 Å². The summed E-state index contributed by atoms with van der Waals surface area (Å²) < 4.78 is 2.07. The van der Waals surface area contributed by atoms with Crippen LogP contribution in [-0.4, -0.2) is 40.1 Å². The third kappa shape index (κ3) is 6.02. The van der Waals surface area contributed by atoms with Gasteiger partial charge >= 0.3 is 0 Å². The first-order valence-corrected chi connectivity index (χ1v) is 8.91. The summed E-state index contributed by atoms with van der Waals surface area (Å²) >= 11 is 1.78. The predicted molar refractivity (Wildman–Crippen MR) is 96.1 cm³/mol. The third-order valence-corrected chi connectivity index (χ3v) is 4.58. The Balaban J connectivity index is 1.72. The van der Waals surface area contributed by atoms with Crippen LogP contribution < -0.4 is 10.6 Å². The van der Waals surface area contributed by atoms with E-state index in [1.54, 1.807) is 17.5 Å². The molecule has 0 unspecified atom stereocenters. The highest BCUT2D eigenvalue weighted by Gasteiger charge is 2.04. The monoisotopic (exact) mass is 334 g/mol. The Hall–Kier alpha value is -1.89. The molecule has 0 aliphatic rings. The van der Waals surface area contributed by atoms with E-state index in [1.807, 2.05) is 12.5 Å². The van der Waals surface area contributed by atoms with Gasteiger partial charge in [0, 0.05) is 49.9 Å². The number of guanidine groups is 1. The van der Waals surface area contributed by atoms with Gasteiger partial charge in [-0.1, -0.05) is 0 Å². The number of hydrogen-bond acceptors (Lipinski definition) is 4. The Bertz CT molecular complexity index is 583. The SMILES string of the molecule is CCNC(=NCCCn1ccnc1)NCCc1nc(C)c(C)s1. The average molecular weight is 334 g/mol. The van der Waals surface area contributed by atoms with Gasteiger partial charge in [0.1, 0.15) is 0 Å². The van der Waals surface area contributed by atoms with E-state index in [4.69, 9.17) is 0 Å². The summed E-state index contributed by atoms with van der Waals surface area (Å²) in [6, 6.07) is 0. The first-order chi connectivity index (χ1) is 11.2. The second-order valence-electron chi connectivity index (χ2n) is 5.34. The molecule has 2 N–H and O–H groups in total. The normalized spacial score (nSPS) is 11.7. The summed E-state index contributed by atoms with van der Waals surface area (Å²) in [5.41, 5.74) is 1.14. The van der Waals surface area contributed by atoms with E-state index in [1.165, 1.54) is 9.88 Å². The maximum atomic E-state index is 4.61. The number of aliphatic imine (C=N–C) groups is 1. The fourth-order valence-electron chi connectivity index (χ4n) is 2.14. The van der Waals surface area contributed by atoms with Crippen molar-refractivity contribution < 1.29 is 0 Å². The van der Waals surface area contributed by atoms with Crippen LogP contribution in [0.15, 0.2) is 23.7 Å². The lowest BCUT2D eigenvalue weighted by atomic mass is 10.4. The second kappa shape index (κ2) is 9.29. The zero-order valence-corrected chi connectivity index (χ0v) is 15.0. The lowest BCUT2D eigenvalue weighted by Crippen LogP contribution is -2.38. The topological polar surface area (TPSA) is 67.1 Å². The molecule has 126 valence electrons. The molecular formula is C16H26N6S. The minimum Gasteiger partial charge on any atom is -0.357 e. The first-order valence-electron chi connectivity index (χ1n) is 8.10. The van der Waals surface area contributed by atoms with Crippen molar-refractivity contribution in [2.24, 2.45) is 4.99 Å². The molecule has 0 radical (unpaired) electrons. The van der Waals surface area contributed by atoms with E-state index in [2.05, 4.69) is 50.9 Å². The molecule has 2 heterocycles. The number of thiazole rings is 1. The zero-order valence-electron chi connectivity index (χ0n) is 14.2. The van der Waals surface area contributed by atoms with Crippen LogP contribution in [-0.2, 0) is 13.0 Å². The van der Waals surface area contributed by atoms with E-state index in [9.17, 15) is 0 Å². The van der Waals surface area contributed by atoms with Gasteiger partial charge in [-0.05, 0) is 27.2 Å². The van der Waals surface area contributed by atoms with Crippen LogP contribution in [0.4, 0.5) is 0 Å². The van der Waals surface area contributed by atoms with Gasteiger partial charge in [0.15, 0.2) is 5.96 Å². The molecule has 0 aromatic carbocycles. The number of rotatable bonds is 8. The molecule has 0 fully saturated rings. The number of aromatic nitrogens is 3. The average Bonchev–Trinajstić information content (AvgIpc) is 3.14. The van der Waals surface area contributed by atoms with Crippen LogP contribution in [0.2, 0.25) is 0 Å². The Kier molecular flexibility index (Phi) is 7.06. The standard InChI is InChI=1S/C16H26N6S/c1-4-18-16(19-7-5-10-22-11-9-17-12-22)20-8-6-15-21-13(2)14(3)23-15/h9,11-12H,4-8,10H2,1-3H3,(H2,18,19,20). The molecule has 23 heavy (non-hydrogen) atoms. The van der Waals surface area contributed by atoms with E-state index in [-0.39, 0.29) is 0 Å². The molecule has 2 aromatic rings. The van der Waals surface area contributed by atoms with Gasteiger partial charge in [-0.3, -0.25) is 4.99 Å². The quantitative estimate of drug-likeness (QED) is 0.441. The summed E-state index contributed by atoms with van der Waals surface area (Å²) in [7, 11) is 0. The largest absolute Gasteiger partial charge is 0.357 e. The fraction of sp³-hybridized carbons (Fsp3) is 0.562. The number of imidazole rings is 1. The number of aryl methyl sites for hydroxylation is 3. The van der Waals surface area contributed by atoms with Crippen LogP contribution in [0.25, 0.3) is 0 Å². The van der Waals surface area contributed by atoms with Crippen LogP contribution in [0.1, 0.15) is 28.9 Å². The Morgan fingerprint density at radius 1 is 1.35 bits per heavy atom. The van der Waals surface area contributed by atoms with Crippen molar-refractivity contribution in [1.29, 1.82) is 0 Å². The molecule has 0 bridgehead atoms. The molecule has 2 rings (SSSR count). The van der Waals surface area contributed by atoms with Gasteiger partial charge in [-0.2, -0.15) is 0 Å². The number of hydrogen-bond donors (Lipinski definition) is 2. The predicted octanol–water partition coefficient (Wildman–Crippen LogP) is 2.14. The van der Waals surface area contributed by atoms with Crippen LogP contribution in [0.5, 0.6) is 0 Å². The number of nitrogens with zero attached hydrogens (tertiary/aromatic N) is 4. The van der Waals surface area contributed by atoms with Crippen molar-refractivity contribution >= 4 is 17.3 Å². The van der Waals surface area contributed by atoms with Crippen LogP contribution in [0, 0.1) is 13.8 Å². The molecule has 0 amide bonds. The first kappa shape index (κ1) is 17.5. The van der Waals surface area contributed by atoms with E-state index < -0.39 is 0 Å². The molecular weight excluding hydrogens is 308 g/mol. The Labute approximate surface area is 142 Å². The molecule has 0 aliphatic heterocycles. The van der Waals surface area contributed by atoms with Crippen LogP contribution in [0.3, 0.4) is 0 Å². The van der Waals surface area contributed by atoms with Gasteiger partial charge in [0.25, 0.3) is 0 Å². The van der Waals surface area contributed by atoms with E-state index >= 15 is 0 Å². The van der Waals surface area contributed by atoms with Crippen molar-refractivity contribution in [3.8, 4) is 0 Å². The fourth-order valence-corrected chi connectivity index (χ4v) is 3.07. The lowest BCUT2D eigenvalue weighted by Gasteiger charge is -2.10. The Morgan fingerprint density at radius 3 is 2.87 bits per heavy atom. The molecule has 0 atom stereocenters. The van der Waals surface area contributed by atoms with Gasteiger partial charge in [0.05, 0.1) is 17.0 Å². The highest BCUT2D eigenvalue weighted by Crippen LogP contribution is 2.16. The van der Waals surface area contributed by atoms with Gasteiger partial charge in [-0.15, -0.1) is 11.3 Å². The number of nitrogens with one attached hydrogen (secondary N) is 2. The minimum atomic E-state index is 0.795. The third-order valence-electron chi connectivity index (χ3n) is 3.45. The summed E-state index contributed by atoms with van der Waals surface area (Å²) in [5, 5.41) is 7.84. The van der Waals surface area contributed by atoms with Gasteiger partial charge in [0.2, 0.25) is 0 Å². The molecule has 0 spiro atoms. The maximum Gasteiger partial charge on any atom is 0.191 e. The highest BCUT2D eigenvalue weighted by atomic mass is 32.1. The van der Waals surface area contributed by atoms with Gasteiger partial charge < -0.3 is 15.2 Å². The molecule has 2 aromatic heterocycles. The van der Waals surface area contributed by atoms with Crippen molar-refractivity contribution in [3.05, 3.63) is 34.3 Å². The van der Waals surface area contributed by atoms with Crippen molar-refractivity contribution in [3.63, 3.8) is 0 Å². The zero-order chi connectivity index (χ0) is 16.5. The van der Waals surface area contributed by atoms with Gasteiger partial charge in [-0.25, -0.2) is 9.97 Å². The van der Waals surface area contributed by atoms with Crippen molar-refractivity contribution in [1.82, 2.24) is 25.2 Å². The Morgan fingerprint density at radius 2 is 2.22 bits per heavy atom. The maximum absolute atomic E-state index is 4.61. The second-order valence-corrected chi connectivity index (χ2v) is 6.63. The summed E-state index contributed by atoms with van der Waals surface area (Å²) in [5.74, 6) is 0.878. The highest BCUT2D eigenvalue weighted by molar-refractivity contribution is 7.11. The summed E-state index contributed by atoms with van der Waals surface area (Å²) in [6.07, 6.45) is 7.55. The molecule has 6 nitrogen and oxygen atoms in total. The summed E-state index contributed by atoms with van der Waals surface area (Å²) in [6.45, 7) is 9.71. The minimum absolute atomic E-state index is 0.795. The molecule has 0 aliphatic carbocycles. The summed E-state index contributed by atoms with van der Waals surface area (Å²) in [4.78, 5) is 14.5. The molecule has 0 saturated heterocycles. The molecule has 0 saturated carbocycles. The van der Waals surface area contributed by atoms with E-state index in [0.717, 1.165) is 50.7 Å². The van der Waals surface area contributed by atoms with Crippen LogP contribution >= 0.6 is 11.3 Å². The smallest absolute Gasteiger partial charge is 0.191 e. The van der Waals surface area contributed by atoms with Crippen molar-refractivity contribution in [2.45, 2.75) is 40.2 Å². The van der Waals surface area contributed by atoms with E-state index in [0.29, 0.717) is 0 Å². The molecule has 7 heteroatoms.